The number of benzene rings is 1. The summed E-state index contributed by atoms with van der Waals surface area (Å²) in [6.07, 6.45) is 2.33. The Morgan fingerprint density at radius 1 is 1.19 bits per heavy atom. The van der Waals surface area contributed by atoms with E-state index in [4.69, 9.17) is 5.73 Å². The van der Waals surface area contributed by atoms with Gasteiger partial charge in [0.15, 0.2) is 0 Å². The van der Waals surface area contributed by atoms with Gasteiger partial charge < -0.3 is 5.73 Å². The molecule has 0 heterocycles. The maximum atomic E-state index is 11.3. The predicted octanol–water partition coefficient (Wildman–Crippen LogP) is 1.86. The molecule has 0 saturated carbocycles. The molecule has 0 aromatic heterocycles. The van der Waals surface area contributed by atoms with Crippen LogP contribution >= 0.6 is 0 Å². The van der Waals surface area contributed by atoms with E-state index in [9.17, 15) is 8.42 Å². The summed E-state index contributed by atoms with van der Waals surface area (Å²) < 4.78 is 22.5. The summed E-state index contributed by atoms with van der Waals surface area (Å²) in [4.78, 5) is 2.01. The van der Waals surface area contributed by atoms with Crippen molar-refractivity contribution in [3.8, 4) is 0 Å². The van der Waals surface area contributed by atoms with E-state index in [2.05, 4.69) is 38.1 Å². The third kappa shape index (κ3) is 6.59. The fourth-order valence-corrected chi connectivity index (χ4v) is 3.00. The Morgan fingerprint density at radius 2 is 1.76 bits per heavy atom. The van der Waals surface area contributed by atoms with Gasteiger partial charge in [-0.2, -0.15) is 0 Å². The van der Waals surface area contributed by atoms with Crippen molar-refractivity contribution in [1.82, 2.24) is 4.90 Å². The van der Waals surface area contributed by atoms with Crippen LogP contribution in [0.15, 0.2) is 24.3 Å². The van der Waals surface area contributed by atoms with Crippen molar-refractivity contribution in [3.05, 3.63) is 35.4 Å². The molecule has 1 aromatic carbocycles. The van der Waals surface area contributed by atoms with Crippen LogP contribution in [0.5, 0.6) is 0 Å². The normalized spacial score (nSPS) is 13.9. The van der Waals surface area contributed by atoms with E-state index in [0.717, 1.165) is 12.0 Å². The zero-order valence-electron chi connectivity index (χ0n) is 13.5. The minimum atomic E-state index is -2.95. The van der Waals surface area contributed by atoms with Crippen molar-refractivity contribution in [1.29, 1.82) is 0 Å². The van der Waals surface area contributed by atoms with Crippen LogP contribution in [0.2, 0.25) is 0 Å². The fraction of sp³-hybridized carbons (Fsp3) is 0.625. The molecule has 2 N–H and O–H groups in total. The van der Waals surface area contributed by atoms with Gasteiger partial charge in [-0.1, -0.05) is 38.1 Å². The van der Waals surface area contributed by atoms with E-state index in [-0.39, 0.29) is 11.8 Å². The van der Waals surface area contributed by atoms with Crippen molar-refractivity contribution in [2.24, 2.45) is 11.7 Å². The van der Waals surface area contributed by atoms with E-state index in [0.29, 0.717) is 19.0 Å². The standard InChI is InChI=1S/C16H28N2O2S/c1-13(2)11-14-5-7-15(8-6-14)16(12-17)18(3)9-10-21(4,19)20/h5-8,13,16H,9-12,17H2,1-4H3. The molecule has 0 aliphatic rings. The molecule has 1 unspecified atom stereocenters. The number of nitrogens with two attached hydrogens (primary N) is 1. The third-order valence-corrected chi connectivity index (χ3v) is 4.50. The molecule has 1 rings (SSSR count). The number of hydrogen-bond acceptors (Lipinski definition) is 4. The van der Waals surface area contributed by atoms with Gasteiger partial charge in [-0.05, 0) is 30.5 Å². The zero-order valence-corrected chi connectivity index (χ0v) is 14.4. The first-order valence-electron chi connectivity index (χ1n) is 7.39. The van der Waals surface area contributed by atoms with Crippen LogP contribution < -0.4 is 5.73 Å². The molecule has 1 atom stereocenters. The number of nitrogens with zero attached hydrogens (tertiary/aromatic N) is 1. The Bertz CT molecular complexity index is 524. The summed E-state index contributed by atoms with van der Waals surface area (Å²) in [5, 5.41) is 0. The van der Waals surface area contributed by atoms with E-state index < -0.39 is 9.84 Å². The minimum absolute atomic E-state index is 0.0554. The van der Waals surface area contributed by atoms with Gasteiger partial charge >= 0.3 is 0 Å². The molecule has 0 aliphatic heterocycles. The Labute approximate surface area is 129 Å². The summed E-state index contributed by atoms with van der Waals surface area (Å²) in [6.45, 7) is 5.38. The number of hydrogen-bond donors (Lipinski definition) is 1. The molecule has 0 bridgehead atoms. The lowest BCUT2D eigenvalue weighted by Gasteiger charge is -2.27. The highest BCUT2D eigenvalue weighted by atomic mass is 32.2. The lowest BCUT2D eigenvalue weighted by molar-refractivity contribution is 0.264. The highest BCUT2D eigenvalue weighted by Crippen LogP contribution is 2.19. The Balaban J connectivity index is 2.75. The monoisotopic (exact) mass is 312 g/mol. The van der Waals surface area contributed by atoms with Crippen LogP contribution in [-0.2, 0) is 16.3 Å². The summed E-state index contributed by atoms with van der Waals surface area (Å²) in [6, 6.07) is 8.54. The van der Waals surface area contributed by atoms with Gasteiger partial charge in [0.2, 0.25) is 0 Å². The van der Waals surface area contributed by atoms with Gasteiger partial charge in [-0.25, -0.2) is 8.42 Å². The van der Waals surface area contributed by atoms with Crippen molar-refractivity contribution in [2.45, 2.75) is 26.3 Å². The second-order valence-corrected chi connectivity index (χ2v) is 8.46. The lowest BCUT2D eigenvalue weighted by Crippen LogP contribution is -2.34. The van der Waals surface area contributed by atoms with Gasteiger partial charge in [0, 0.05) is 25.4 Å². The van der Waals surface area contributed by atoms with Gasteiger partial charge in [0.25, 0.3) is 0 Å². The molecule has 0 saturated heterocycles. The summed E-state index contributed by atoms with van der Waals surface area (Å²) >= 11 is 0. The first-order valence-corrected chi connectivity index (χ1v) is 9.46. The number of likely N-dealkylation sites (N-methyl/N-ethyl adjacent to an activating group) is 1. The Kier molecular flexibility index (Phi) is 6.84. The second kappa shape index (κ2) is 7.92. The smallest absolute Gasteiger partial charge is 0.148 e. The minimum Gasteiger partial charge on any atom is -0.329 e. The SMILES string of the molecule is CC(C)Cc1ccc(C(CN)N(C)CCS(C)(=O)=O)cc1. The van der Waals surface area contributed by atoms with Crippen LogP contribution in [-0.4, -0.2) is 45.5 Å². The van der Waals surface area contributed by atoms with Gasteiger partial charge in [0.1, 0.15) is 9.84 Å². The van der Waals surface area contributed by atoms with Crippen molar-refractivity contribution in [3.63, 3.8) is 0 Å². The summed E-state index contributed by atoms with van der Waals surface area (Å²) in [7, 11) is -1.02. The van der Waals surface area contributed by atoms with Crippen LogP contribution in [0.3, 0.4) is 0 Å². The second-order valence-electron chi connectivity index (χ2n) is 6.20. The average molecular weight is 312 g/mol. The van der Waals surface area contributed by atoms with E-state index in [1.807, 2.05) is 11.9 Å². The van der Waals surface area contributed by atoms with Crippen LogP contribution in [0.25, 0.3) is 0 Å². The fourth-order valence-electron chi connectivity index (χ4n) is 2.38. The highest BCUT2D eigenvalue weighted by molar-refractivity contribution is 7.90. The molecule has 1 aromatic rings. The van der Waals surface area contributed by atoms with Crippen LogP contribution in [0, 0.1) is 5.92 Å². The molecule has 4 nitrogen and oxygen atoms in total. The number of sulfone groups is 1. The molecule has 5 heteroatoms. The Morgan fingerprint density at radius 3 is 2.19 bits per heavy atom. The van der Waals surface area contributed by atoms with Gasteiger partial charge in [0.05, 0.1) is 5.75 Å². The maximum absolute atomic E-state index is 11.3. The van der Waals surface area contributed by atoms with Crippen molar-refractivity contribution < 1.29 is 8.42 Å². The Hall–Kier alpha value is -0.910. The summed E-state index contributed by atoms with van der Waals surface area (Å²) in [5.74, 6) is 0.796. The molecular weight excluding hydrogens is 284 g/mol. The first kappa shape index (κ1) is 18.1. The lowest BCUT2D eigenvalue weighted by atomic mass is 9.99. The van der Waals surface area contributed by atoms with E-state index in [1.54, 1.807) is 0 Å². The topological polar surface area (TPSA) is 63.4 Å². The molecule has 0 spiro atoms. The van der Waals surface area contributed by atoms with Crippen molar-refractivity contribution >= 4 is 9.84 Å². The first-order chi connectivity index (χ1) is 9.73. The largest absolute Gasteiger partial charge is 0.329 e. The van der Waals surface area contributed by atoms with E-state index >= 15 is 0 Å². The maximum Gasteiger partial charge on any atom is 0.148 e. The van der Waals surface area contributed by atoms with Gasteiger partial charge in [-0.15, -0.1) is 0 Å². The summed E-state index contributed by atoms with van der Waals surface area (Å²) in [5.41, 5.74) is 8.34. The molecule has 120 valence electrons. The van der Waals surface area contributed by atoms with Gasteiger partial charge in [-0.3, -0.25) is 4.90 Å². The molecule has 0 amide bonds. The molecule has 0 aliphatic carbocycles. The van der Waals surface area contributed by atoms with Crippen LogP contribution in [0.1, 0.15) is 31.0 Å². The van der Waals surface area contributed by atoms with Crippen molar-refractivity contribution in [2.75, 3.05) is 32.1 Å². The predicted molar refractivity (Wildman–Crippen MR) is 89.1 cm³/mol. The van der Waals surface area contributed by atoms with E-state index in [1.165, 1.54) is 11.8 Å². The van der Waals surface area contributed by atoms with Crippen LogP contribution in [0.4, 0.5) is 0 Å². The zero-order chi connectivity index (χ0) is 16.0. The quantitative estimate of drug-likeness (QED) is 0.796. The third-order valence-electron chi connectivity index (χ3n) is 3.58. The molecule has 21 heavy (non-hydrogen) atoms. The average Bonchev–Trinajstić information content (AvgIpc) is 2.38. The molecule has 0 radical (unpaired) electrons. The molecule has 0 fully saturated rings. The highest BCUT2D eigenvalue weighted by Gasteiger charge is 2.16. The number of rotatable bonds is 8. The molecular formula is C16H28N2O2S.